The van der Waals surface area contributed by atoms with Gasteiger partial charge in [0.1, 0.15) is 11.3 Å². The van der Waals surface area contributed by atoms with Crippen LogP contribution in [0.5, 0.6) is 0 Å². The maximum atomic E-state index is 11.6. The quantitative estimate of drug-likeness (QED) is 0.308. The molecule has 3 aromatic heterocycles. The SMILES string of the molecule is C=CC(=O)NC1CCN(Cc2ccc(-n3c(-c4cccnc4N)nc4ccc(C5CCCCC5)nc43)cc2)CC1. The van der Waals surface area contributed by atoms with E-state index in [1.54, 1.807) is 6.20 Å². The summed E-state index contributed by atoms with van der Waals surface area (Å²) in [5, 5.41) is 3.03. The molecule has 8 nitrogen and oxygen atoms in total. The number of pyridine rings is 2. The molecule has 6 rings (SSSR count). The summed E-state index contributed by atoms with van der Waals surface area (Å²) < 4.78 is 2.13. The Hall–Kier alpha value is -4.04. The van der Waals surface area contributed by atoms with Gasteiger partial charge in [-0.2, -0.15) is 0 Å². The van der Waals surface area contributed by atoms with Crippen LogP contribution in [0.1, 0.15) is 62.1 Å². The number of benzene rings is 1. The molecule has 0 radical (unpaired) electrons. The Bertz CT molecular complexity index is 1500. The molecule has 206 valence electrons. The van der Waals surface area contributed by atoms with E-state index in [9.17, 15) is 4.79 Å². The summed E-state index contributed by atoms with van der Waals surface area (Å²) in [7, 11) is 0. The van der Waals surface area contributed by atoms with Gasteiger partial charge in [-0.25, -0.2) is 15.0 Å². The summed E-state index contributed by atoms with van der Waals surface area (Å²) in [6.07, 6.45) is 11.2. The van der Waals surface area contributed by atoms with Crippen molar-refractivity contribution in [3.05, 3.63) is 78.6 Å². The second-order valence-corrected chi connectivity index (χ2v) is 11.1. The van der Waals surface area contributed by atoms with Crippen molar-refractivity contribution in [2.24, 2.45) is 0 Å². The molecule has 4 heterocycles. The lowest BCUT2D eigenvalue weighted by Gasteiger charge is -2.32. The molecule has 1 amide bonds. The third kappa shape index (κ3) is 5.49. The molecule has 0 spiro atoms. The van der Waals surface area contributed by atoms with E-state index in [-0.39, 0.29) is 11.9 Å². The van der Waals surface area contributed by atoms with E-state index in [4.69, 9.17) is 15.7 Å². The fraction of sp³-hybridized carbons (Fsp3) is 0.375. The number of anilines is 1. The predicted molar refractivity (Wildman–Crippen MR) is 159 cm³/mol. The van der Waals surface area contributed by atoms with Crippen molar-refractivity contribution < 1.29 is 4.79 Å². The van der Waals surface area contributed by atoms with Crippen molar-refractivity contribution in [3.63, 3.8) is 0 Å². The first-order chi connectivity index (χ1) is 19.6. The number of carbonyl (C=O) groups excluding carboxylic acids is 1. The molecule has 0 bridgehead atoms. The average molecular weight is 536 g/mol. The Balaban J connectivity index is 1.29. The molecule has 1 aliphatic carbocycles. The van der Waals surface area contributed by atoms with Crippen LogP contribution in [0.15, 0.2) is 67.4 Å². The maximum absolute atomic E-state index is 11.6. The standard InChI is InChI=1S/C32H37N7O/c1-2-29(40)35-24-16-19-38(20-17-24)21-22-10-12-25(13-11-22)39-31(26-9-6-18-34-30(26)33)37-28-15-14-27(36-32(28)39)23-7-4-3-5-8-23/h2,6,9-15,18,23-24H,1,3-5,7-8,16-17,19-21H2,(H2,33,34)(H,35,40). The molecule has 4 aromatic rings. The Labute approximate surface area is 235 Å². The molecule has 3 N–H and O–H groups in total. The summed E-state index contributed by atoms with van der Waals surface area (Å²) in [6.45, 7) is 6.33. The van der Waals surface area contributed by atoms with Gasteiger partial charge in [0.25, 0.3) is 0 Å². The highest BCUT2D eigenvalue weighted by atomic mass is 16.1. The maximum Gasteiger partial charge on any atom is 0.243 e. The normalized spacial score (nSPS) is 17.2. The van der Waals surface area contributed by atoms with E-state index in [0.717, 1.165) is 66.4 Å². The van der Waals surface area contributed by atoms with Crippen molar-refractivity contribution in [3.8, 4) is 17.1 Å². The third-order valence-electron chi connectivity index (χ3n) is 8.35. The van der Waals surface area contributed by atoms with Gasteiger partial charge >= 0.3 is 0 Å². The Morgan fingerprint density at radius 2 is 1.77 bits per heavy atom. The Morgan fingerprint density at radius 3 is 2.50 bits per heavy atom. The second kappa shape index (κ2) is 11.6. The first kappa shape index (κ1) is 26.2. The molecule has 1 aromatic carbocycles. The van der Waals surface area contributed by atoms with E-state index >= 15 is 0 Å². The molecular weight excluding hydrogens is 498 g/mol. The van der Waals surface area contributed by atoms with Gasteiger partial charge in [0.2, 0.25) is 5.91 Å². The van der Waals surface area contributed by atoms with Crippen LogP contribution in [0.2, 0.25) is 0 Å². The highest BCUT2D eigenvalue weighted by Crippen LogP contribution is 2.35. The molecule has 2 aliphatic rings. The number of nitrogens with one attached hydrogen (secondary N) is 1. The summed E-state index contributed by atoms with van der Waals surface area (Å²) in [4.78, 5) is 28.6. The monoisotopic (exact) mass is 535 g/mol. The number of rotatable bonds is 7. The highest BCUT2D eigenvalue weighted by Gasteiger charge is 2.23. The number of aromatic nitrogens is 4. The number of carbonyl (C=O) groups is 1. The topological polar surface area (TPSA) is 102 Å². The lowest BCUT2D eigenvalue weighted by Crippen LogP contribution is -2.43. The van der Waals surface area contributed by atoms with Gasteiger partial charge in [-0.05, 0) is 73.7 Å². The minimum atomic E-state index is -0.0891. The fourth-order valence-electron chi connectivity index (χ4n) is 6.13. The summed E-state index contributed by atoms with van der Waals surface area (Å²) in [6, 6.07) is 17.0. The zero-order valence-corrected chi connectivity index (χ0v) is 22.9. The molecule has 0 atom stereocenters. The number of hydrogen-bond donors (Lipinski definition) is 2. The number of imidazole rings is 1. The molecule has 8 heteroatoms. The lowest BCUT2D eigenvalue weighted by atomic mass is 9.87. The van der Waals surface area contributed by atoms with Gasteiger partial charge in [0, 0.05) is 49.2 Å². The van der Waals surface area contributed by atoms with Gasteiger partial charge in [-0.3, -0.25) is 14.3 Å². The number of fused-ring (bicyclic) bond motifs is 1. The number of nitrogens with two attached hydrogens (primary N) is 1. The third-order valence-corrected chi connectivity index (χ3v) is 8.35. The minimum absolute atomic E-state index is 0.0891. The fourth-order valence-corrected chi connectivity index (χ4v) is 6.13. The van der Waals surface area contributed by atoms with Crippen LogP contribution in [0, 0.1) is 0 Å². The second-order valence-electron chi connectivity index (χ2n) is 11.1. The average Bonchev–Trinajstić information content (AvgIpc) is 3.37. The molecule has 2 fully saturated rings. The Morgan fingerprint density at radius 1 is 1.00 bits per heavy atom. The van der Waals surface area contributed by atoms with Crippen LogP contribution in [0.25, 0.3) is 28.2 Å². The van der Waals surface area contributed by atoms with Crippen molar-refractivity contribution in [1.82, 2.24) is 29.7 Å². The zero-order chi connectivity index (χ0) is 27.5. The van der Waals surface area contributed by atoms with Gasteiger partial charge in [-0.15, -0.1) is 0 Å². The largest absolute Gasteiger partial charge is 0.383 e. The van der Waals surface area contributed by atoms with E-state index in [0.29, 0.717) is 11.7 Å². The predicted octanol–water partition coefficient (Wildman–Crippen LogP) is 5.38. The van der Waals surface area contributed by atoms with Gasteiger partial charge < -0.3 is 11.1 Å². The first-order valence-corrected chi connectivity index (χ1v) is 14.4. The highest BCUT2D eigenvalue weighted by molar-refractivity contribution is 5.87. The minimum Gasteiger partial charge on any atom is -0.383 e. The number of piperidine rings is 1. The van der Waals surface area contributed by atoms with E-state index in [2.05, 4.69) is 62.7 Å². The van der Waals surface area contributed by atoms with Crippen LogP contribution in [0.3, 0.4) is 0 Å². The molecule has 40 heavy (non-hydrogen) atoms. The van der Waals surface area contributed by atoms with Crippen LogP contribution in [-0.2, 0) is 11.3 Å². The Kier molecular flexibility index (Phi) is 7.60. The first-order valence-electron chi connectivity index (χ1n) is 14.4. The molecular formula is C32H37N7O. The van der Waals surface area contributed by atoms with Crippen LogP contribution in [0.4, 0.5) is 5.82 Å². The molecule has 1 saturated carbocycles. The van der Waals surface area contributed by atoms with Gasteiger partial charge in [0.05, 0.1) is 5.56 Å². The number of likely N-dealkylation sites (tertiary alicyclic amines) is 1. The van der Waals surface area contributed by atoms with Crippen molar-refractivity contribution in [2.75, 3.05) is 18.8 Å². The van der Waals surface area contributed by atoms with Crippen molar-refractivity contribution >= 4 is 22.9 Å². The number of amides is 1. The smallest absolute Gasteiger partial charge is 0.243 e. The van der Waals surface area contributed by atoms with Crippen molar-refractivity contribution in [1.29, 1.82) is 0 Å². The van der Waals surface area contributed by atoms with E-state index in [1.165, 1.54) is 43.7 Å². The molecule has 0 unspecified atom stereocenters. The van der Waals surface area contributed by atoms with Crippen LogP contribution in [-0.4, -0.2) is 49.5 Å². The lowest BCUT2D eigenvalue weighted by molar-refractivity contribution is -0.117. The summed E-state index contributed by atoms with van der Waals surface area (Å²) >= 11 is 0. The summed E-state index contributed by atoms with van der Waals surface area (Å²) in [5.74, 6) is 1.62. The van der Waals surface area contributed by atoms with Crippen molar-refractivity contribution in [2.45, 2.75) is 63.5 Å². The molecule has 1 aliphatic heterocycles. The number of nitrogens with zero attached hydrogens (tertiary/aromatic N) is 5. The van der Waals surface area contributed by atoms with Crippen LogP contribution >= 0.6 is 0 Å². The zero-order valence-electron chi connectivity index (χ0n) is 22.9. The summed E-state index contributed by atoms with van der Waals surface area (Å²) in [5.41, 5.74) is 12.2. The van der Waals surface area contributed by atoms with E-state index < -0.39 is 0 Å². The van der Waals surface area contributed by atoms with Gasteiger partial charge in [0.15, 0.2) is 11.5 Å². The van der Waals surface area contributed by atoms with Crippen LogP contribution < -0.4 is 11.1 Å². The number of hydrogen-bond acceptors (Lipinski definition) is 6. The molecule has 1 saturated heterocycles. The van der Waals surface area contributed by atoms with E-state index in [1.807, 2.05) is 12.1 Å². The number of nitrogen functional groups attached to an aromatic ring is 1. The van der Waals surface area contributed by atoms with Gasteiger partial charge in [-0.1, -0.05) is 38.0 Å².